The molecule has 11 atom stereocenters. The van der Waals surface area contributed by atoms with Crippen molar-refractivity contribution in [1.82, 2.24) is 0 Å². The highest BCUT2D eigenvalue weighted by Crippen LogP contribution is 2.58. The van der Waals surface area contributed by atoms with Crippen LogP contribution in [-0.2, 0) is 54.0 Å². The standard InChI is InChI=1S/C41H50O14/c1-7-20-47-29-14-9-27(10-15-29)13-18-32(44)50-23-31-34(45)38(35(46)40(54-31)49-22-19-28-11-16-30(17-12-28)48-21-8-2)55-41(6)33-37(53-26(5)43)36(52-25(4)42)24(3)51-39(33)41/h7-18,24,31,33-40,45-46H,1-2,19-23H2,3-6H3/b18-13+/t24-,31+,33+,34+,35+,36-,37-,38-,39-,40+,41?/m0/s1. The first-order valence-electron chi connectivity index (χ1n) is 18.2. The third kappa shape index (κ3) is 10.6. The number of aliphatic hydroxyl groups is 2. The molecule has 0 amide bonds. The number of hydrogen-bond donors (Lipinski definition) is 2. The van der Waals surface area contributed by atoms with Gasteiger partial charge in [-0.15, -0.1) is 0 Å². The summed E-state index contributed by atoms with van der Waals surface area (Å²) in [5, 5.41) is 23.1. The zero-order valence-corrected chi connectivity index (χ0v) is 31.4. The van der Waals surface area contributed by atoms with Crippen LogP contribution in [0.4, 0.5) is 0 Å². The van der Waals surface area contributed by atoms with E-state index in [9.17, 15) is 24.6 Å². The second-order valence-corrected chi connectivity index (χ2v) is 13.7. The Hall–Kier alpha value is -4.57. The average molecular weight is 767 g/mol. The number of carbonyl (C=O) groups excluding carboxylic acids is 3. The van der Waals surface area contributed by atoms with Gasteiger partial charge in [-0.25, -0.2) is 4.79 Å². The molecule has 1 saturated carbocycles. The first-order valence-corrected chi connectivity index (χ1v) is 18.2. The minimum Gasteiger partial charge on any atom is -0.490 e. The van der Waals surface area contributed by atoms with E-state index >= 15 is 0 Å². The first kappa shape index (κ1) is 41.6. The highest BCUT2D eigenvalue weighted by Gasteiger charge is 2.74. The molecule has 2 heterocycles. The van der Waals surface area contributed by atoms with Crippen molar-refractivity contribution in [2.75, 3.05) is 26.4 Å². The van der Waals surface area contributed by atoms with E-state index in [1.54, 1.807) is 56.3 Å². The van der Waals surface area contributed by atoms with Crippen LogP contribution in [0.5, 0.6) is 11.5 Å². The number of ether oxygens (including phenoxy) is 9. The fourth-order valence-corrected chi connectivity index (χ4v) is 6.83. The van der Waals surface area contributed by atoms with Gasteiger partial charge in [0.2, 0.25) is 0 Å². The predicted molar refractivity (Wildman–Crippen MR) is 197 cm³/mol. The molecule has 2 N–H and O–H groups in total. The van der Waals surface area contributed by atoms with Crippen molar-refractivity contribution in [3.63, 3.8) is 0 Å². The molecule has 2 aliphatic heterocycles. The fraction of sp³-hybridized carbons (Fsp3) is 0.488. The van der Waals surface area contributed by atoms with Crippen LogP contribution >= 0.6 is 0 Å². The van der Waals surface area contributed by atoms with Crippen LogP contribution in [0.1, 0.15) is 38.8 Å². The predicted octanol–water partition coefficient (Wildman–Crippen LogP) is 3.50. The molecule has 0 bridgehead atoms. The van der Waals surface area contributed by atoms with Crippen molar-refractivity contribution in [2.24, 2.45) is 5.92 Å². The second-order valence-electron chi connectivity index (χ2n) is 13.7. The van der Waals surface area contributed by atoms with Crippen molar-refractivity contribution in [1.29, 1.82) is 0 Å². The molecule has 1 aliphatic carbocycles. The zero-order chi connectivity index (χ0) is 39.7. The summed E-state index contributed by atoms with van der Waals surface area (Å²) in [6, 6.07) is 14.5. The molecule has 55 heavy (non-hydrogen) atoms. The van der Waals surface area contributed by atoms with Crippen molar-refractivity contribution >= 4 is 24.0 Å². The third-order valence-corrected chi connectivity index (χ3v) is 9.60. The molecule has 3 aliphatic rings. The summed E-state index contributed by atoms with van der Waals surface area (Å²) >= 11 is 0. The van der Waals surface area contributed by atoms with E-state index in [1.165, 1.54) is 19.9 Å². The Morgan fingerprint density at radius 1 is 0.836 bits per heavy atom. The lowest BCUT2D eigenvalue weighted by Gasteiger charge is -2.43. The molecule has 3 fully saturated rings. The summed E-state index contributed by atoms with van der Waals surface area (Å²) in [6.07, 6.45) is -3.42. The second kappa shape index (κ2) is 18.8. The summed E-state index contributed by atoms with van der Waals surface area (Å²) in [7, 11) is 0. The molecule has 2 saturated heterocycles. The molecular formula is C41H50O14. The fourth-order valence-electron chi connectivity index (χ4n) is 6.83. The maximum atomic E-state index is 12.8. The summed E-state index contributed by atoms with van der Waals surface area (Å²) in [6.45, 7) is 13.6. The van der Waals surface area contributed by atoms with Crippen LogP contribution in [0.3, 0.4) is 0 Å². The quantitative estimate of drug-likeness (QED) is 0.0977. The number of fused-ring (bicyclic) bond motifs is 1. The molecule has 0 radical (unpaired) electrons. The maximum absolute atomic E-state index is 12.8. The Morgan fingerprint density at radius 3 is 2.04 bits per heavy atom. The Kier molecular flexibility index (Phi) is 14.3. The van der Waals surface area contributed by atoms with E-state index in [-0.39, 0.29) is 6.61 Å². The molecule has 0 spiro atoms. The van der Waals surface area contributed by atoms with Crippen molar-refractivity contribution < 1.29 is 67.2 Å². The van der Waals surface area contributed by atoms with Crippen LogP contribution in [0.2, 0.25) is 0 Å². The minimum absolute atomic E-state index is 0.117. The van der Waals surface area contributed by atoms with Crippen LogP contribution in [0.25, 0.3) is 6.08 Å². The Bertz CT molecular complexity index is 1660. The van der Waals surface area contributed by atoms with Gasteiger partial charge in [0.1, 0.15) is 67.4 Å². The van der Waals surface area contributed by atoms with Gasteiger partial charge < -0.3 is 52.8 Å². The highest BCUT2D eigenvalue weighted by atomic mass is 16.7. The van der Waals surface area contributed by atoms with E-state index in [0.717, 1.165) is 11.1 Å². The number of esters is 3. The SMILES string of the molecule is C=CCOc1ccc(/C=C/C(=O)OC[C@H]2O[C@@H](OCCc3ccc(OCC=C)cc3)[C@H](O)[C@@H](OC3(C)[C@@H]4[C@H](OC(C)=O)[C@@H](OC(C)=O)[C@H](C)O[C@@H]43)[C@@H]2O)cc1. The number of benzene rings is 2. The van der Waals surface area contributed by atoms with Gasteiger partial charge in [0.15, 0.2) is 12.4 Å². The lowest BCUT2D eigenvalue weighted by molar-refractivity contribution is -0.316. The van der Waals surface area contributed by atoms with Gasteiger partial charge in [-0.2, -0.15) is 0 Å². The Morgan fingerprint density at radius 2 is 1.44 bits per heavy atom. The Labute approximate surface area is 320 Å². The molecular weight excluding hydrogens is 716 g/mol. The van der Waals surface area contributed by atoms with Gasteiger partial charge in [0, 0.05) is 19.9 Å². The Balaban J connectivity index is 1.29. The largest absolute Gasteiger partial charge is 0.490 e. The molecule has 2 aromatic rings. The monoisotopic (exact) mass is 766 g/mol. The normalized spacial score (nSPS) is 31.1. The van der Waals surface area contributed by atoms with E-state index in [2.05, 4.69) is 13.2 Å². The molecule has 2 aromatic carbocycles. The lowest BCUT2D eigenvalue weighted by atomic mass is 9.97. The van der Waals surface area contributed by atoms with E-state index < -0.39 is 91.2 Å². The van der Waals surface area contributed by atoms with Crippen molar-refractivity contribution in [2.45, 2.75) is 94.8 Å². The summed E-state index contributed by atoms with van der Waals surface area (Å²) < 4.78 is 52.3. The minimum atomic E-state index is -1.51. The van der Waals surface area contributed by atoms with Crippen LogP contribution in [-0.4, -0.2) is 115 Å². The first-order chi connectivity index (χ1) is 26.3. The van der Waals surface area contributed by atoms with E-state index in [4.69, 9.17) is 42.6 Å². The topological polar surface area (TPSA) is 175 Å². The number of carbonyl (C=O) groups is 3. The maximum Gasteiger partial charge on any atom is 0.330 e. The average Bonchev–Trinajstić information content (AvgIpc) is 3.74. The molecule has 1 unspecified atom stereocenters. The van der Waals surface area contributed by atoms with Gasteiger partial charge in [-0.1, -0.05) is 49.6 Å². The number of rotatable bonds is 18. The van der Waals surface area contributed by atoms with Crippen LogP contribution in [0, 0.1) is 5.92 Å². The highest BCUT2D eigenvalue weighted by molar-refractivity contribution is 5.87. The van der Waals surface area contributed by atoms with Crippen molar-refractivity contribution in [3.05, 3.63) is 91.0 Å². The number of hydrogen-bond acceptors (Lipinski definition) is 14. The molecule has 5 rings (SSSR count). The lowest BCUT2D eigenvalue weighted by Crippen LogP contribution is -2.61. The van der Waals surface area contributed by atoms with Gasteiger partial charge >= 0.3 is 17.9 Å². The molecule has 0 aromatic heterocycles. The molecule has 14 nitrogen and oxygen atoms in total. The van der Waals surface area contributed by atoms with Crippen LogP contribution in [0.15, 0.2) is 79.9 Å². The molecule has 298 valence electrons. The van der Waals surface area contributed by atoms with Gasteiger partial charge in [0.05, 0.1) is 24.7 Å². The summed E-state index contributed by atoms with van der Waals surface area (Å²) in [5.41, 5.74) is 0.447. The van der Waals surface area contributed by atoms with Gasteiger partial charge in [0.25, 0.3) is 0 Å². The van der Waals surface area contributed by atoms with E-state index in [0.29, 0.717) is 31.1 Å². The third-order valence-electron chi connectivity index (χ3n) is 9.60. The van der Waals surface area contributed by atoms with Gasteiger partial charge in [-0.05, 0) is 61.7 Å². The molecule has 14 heteroatoms. The summed E-state index contributed by atoms with van der Waals surface area (Å²) in [5.74, 6) is -1.14. The smallest absolute Gasteiger partial charge is 0.330 e. The van der Waals surface area contributed by atoms with Crippen LogP contribution < -0.4 is 9.47 Å². The zero-order valence-electron chi connectivity index (χ0n) is 31.4. The summed E-state index contributed by atoms with van der Waals surface area (Å²) in [4.78, 5) is 36.9. The van der Waals surface area contributed by atoms with Gasteiger partial charge in [-0.3, -0.25) is 9.59 Å². The number of aliphatic hydroxyl groups excluding tert-OH is 2. The van der Waals surface area contributed by atoms with E-state index in [1.807, 2.05) is 24.3 Å². The van der Waals surface area contributed by atoms with Crippen molar-refractivity contribution in [3.8, 4) is 11.5 Å².